The van der Waals surface area contributed by atoms with Gasteiger partial charge < -0.3 is 5.32 Å². The van der Waals surface area contributed by atoms with Crippen molar-refractivity contribution in [3.63, 3.8) is 0 Å². The van der Waals surface area contributed by atoms with Crippen LogP contribution in [0.25, 0.3) is 11.3 Å². The van der Waals surface area contributed by atoms with Crippen molar-refractivity contribution in [3.05, 3.63) is 47.4 Å². The van der Waals surface area contributed by atoms with Crippen molar-refractivity contribution in [3.8, 4) is 11.3 Å². The lowest BCUT2D eigenvalue weighted by Gasteiger charge is -2.17. The standard InChI is InChI=1S/C17H21N3/c1-12-19-10-9-16(20-12)14-7-8-15-13(11-14)5-3-4-6-17(15)18-2/h7-11,17-18H,3-6H2,1-2H3. The summed E-state index contributed by atoms with van der Waals surface area (Å²) in [5, 5.41) is 3.44. The zero-order valence-electron chi connectivity index (χ0n) is 12.2. The van der Waals surface area contributed by atoms with E-state index in [1.165, 1.54) is 42.4 Å². The van der Waals surface area contributed by atoms with E-state index in [1.54, 1.807) is 0 Å². The predicted molar refractivity (Wildman–Crippen MR) is 81.6 cm³/mol. The van der Waals surface area contributed by atoms with Gasteiger partial charge >= 0.3 is 0 Å². The Hall–Kier alpha value is -1.74. The van der Waals surface area contributed by atoms with Crippen molar-refractivity contribution in [2.45, 2.75) is 38.6 Å². The van der Waals surface area contributed by atoms with Gasteiger partial charge in [0.15, 0.2) is 0 Å². The summed E-state index contributed by atoms with van der Waals surface area (Å²) in [6.45, 7) is 1.93. The Balaban J connectivity index is 2.02. The van der Waals surface area contributed by atoms with Gasteiger partial charge in [-0.2, -0.15) is 0 Å². The van der Waals surface area contributed by atoms with Gasteiger partial charge in [-0.15, -0.1) is 0 Å². The Bertz CT molecular complexity index is 607. The van der Waals surface area contributed by atoms with Crippen LogP contribution in [0, 0.1) is 6.92 Å². The lowest BCUT2D eigenvalue weighted by atomic mass is 9.96. The molecule has 1 aromatic carbocycles. The van der Waals surface area contributed by atoms with E-state index in [0.717, 1.165) is 11.5 Å². The first-order valence-corrected chi connectivity index (χ1v) is 7.38. The predicted octanol–water partition coefficient (Wildman–Crippen LogP) is 3.44. The van der Waals surface area contributed by atoms with Gasteiger partial charge in [-0.3, -0.25) is 0 Å². The quantitative estimate of drug-likeness (QED) is 0.847. The van der Waals surface area contributed by atoms with E-state index in [1.807, 2.05) is 19.2 Å². The number of aromatic nitrogens is 2. The van der Waals surface area contributed by atoms with E-state index in [2.05, 4.69) is 40.5 Å². The lowest BCUT2D eigenvalue weighted by Crippen LogP contribution is -2.16. The van der Waals surface area contributed by atoms with Gasteiger partial charge in [-0.25, -0.2) is 9.97 Å². The summed E-state index contributed by atoms with van der Waals surface area (Å²) < 4.78 is 0. The van der Waals surface area contributed by atoms with Crippen molar-refractivity contribution < 1.29 is 0 Å². The average molecular weight is 267 g/mol. The van der Waals surface area contributed by atoms with Crippen LogP contribution in [-0.4, -0.2) is 17.0 Å². The summed E-state index contributed by atoms with van der Waals surface area (Å²) in [5.74, 6) is 0.825. The maximum atomic E-state index is 4.53. The number of benzene rings is 1. The highest BCUT2D eigenvalue weighted by molar-refractivity contribution is 5.61. The van der Waals surface area contributed by atoms with E-state index < -0.39 is 0 Å². The van der Waals surface area contributed by atoms with Gasteiger partial charge in [0, 0.05) is 17.8 Å². The summed E-state index contributed by atoms with van der Waals surface area (Å²) in [5.41, 5.74) is 5.15. The molecule has 3 rings (SSSR count). The summed E-state index contributed by atoms with van der Waals surface area (Å²) in [7, 11) is 2.06. The highest BCUT2D eigenvalue weighted by atomic mass is 14.9. The molecule has 1 heterocycles. The van der Waals surface area contributed by atoms with Gasteiger partial charge in [0.2, 0.25) is 0 Å². The fraction of sp³-hybridized carbons (Fsp3) is 0.412. The topological polar surface area (TPSA) is 37.8 Å². The zero-order chi connectivity index (χ0) is 13.9. The summed E-state index contributed by atoms with van der Waals surface area (Å²) in [6, 6.07) is 9.26. The van der Waals surface area contributed by atoms with Gasteiger partial charge in [-0.1, -0.05) is 18.6 Å². The average Bonchev–Trinajstić information content (AvgIpc) is 2.68. The van der Waals surface area contributed by atoms with Crippen LogP contribution in [0.5, 0.6) is 0 Å². The molecule has 2 aromatic rings. The largest absolute Gasteiger partial charge is 0.313 e. The van der Waals surface area contributed by atoms with Crippen LogP contribution < -0.4 is 5.32 Å². The number of nitrogens with one attached hydrogen (secondary N) is 1. The van der Waals surface area contributed by atoms with Crippen molar-refractivity contribution in [2.75, 3.05) is 7.05 Å². The fourth-order valence-electron chi connectivity index (χ4n) is 3.06. The maximum Gasteiger partial charge on any atom is 0.125 e. The van der Waals surface area contributed by atoms with E-state index >= 15 is 0 Å². The molecule has 1 aromatic heterocycles. The molecule has 3 heteroatoms. The highest BCUT2D eigenvalue weighted by Crippen LogP contribution is 2.31. The summed E-state index contributed by atoms with van der Waals surface area (Å²) in [4.78, 5) is 8.70. The second kappa shape index (κ2) is 5.71. The van der Waals surface area contributed by atoms with E-state index in [0.29, 0.717) is 6.04 Å². The number of fused-ring (bicyclic) bond motifs is 1. The van der Waals surface area contributed by atoms with E-state index in [9.17, 15) is 0 Å². The number of aryl methyl sites for hydroxylation is 2. The molecular formula is C17H21N3. The maximum absolute atomic E-state index is 4.53. The highest BCUT2D eigenvalue weighted by Gasteiger charge is 2.17. The third-order valence-corrected chi connectivity index (χ3v) is 4.13. The molecule has 0 aliphatic heterocycles. The molecule has 0 saturated heterocycles. The SMILES string of the molecule is CNC1CCCCc2cc(-c3ccnc(C)n3)ccc21. The molecule has 1 N–H and O–H groups in total. The lowest BCUT2D eigenvalue weighted by molar-refractivity contribution is 0.533. The van der Waals surface area contributed by atoms with Crippen molar-refractivity contribution in [2.24, 2.45) is 0 Å². The third-order valence-electron chi connectivity index (χ3n) is 4.13. The first-order chi connectivity index (χ1) is 9.78. The van der Waals surface area contributed by atoms with Crippen LogP contribution in [0.1, 0.15) is 42.3 Å². The zero-order valence-corrected chi connectivity index (χ0v) is 12.2. The Morgan fingerprint density at radius 2 is 2.10 bits per heavy atom. The fourth-order valence-corrected chi connectivity index (χ4v) is 3.06. The second-order valence-electron chi connectivity index (χ2n) is 5.49. The van der Waals surface area contributed by atoms with Gasteiger partial charge in [0.1, 0.15) is 5.82 Å². The third kappa shape index (κ3) is 2.59. The molecule has 1 unspecified atom stereocenters. The smallest absolute Gasteiger partial charge is 0.125 e. The van der Waals surface area contributed by atoms with Crippen molar-refractivity contribution in [1.29, 1.82) is 0 Å². The number of nitrogens with zero attached hydrogens (tertiary/aromatic N) is 2. The molecule has 1 aliphatic rings. The first-order valence-electron chi connectivity index (χ1n) is 7.38. The normalized spacial score (nSPS) is 18.4. The number of rotatable bonds is 2. The van der Waals surface area contributed by atoms with Crippen LogP contribution in [0.2, 0.25) is 0 Å². The molecular weight excluding hydrogens is 246 g/mol. The van der Waals surface area contributed by atoms with Crippen molar-refractivity contribution in [1.82, 2.24) is 15.3 Å². The Morgan fingerprint density at radius 3 is 2.90 bits per heavy atom. The molecule has 0 saturated carbocycles. The molecule has 3 nitrogen and oxygen atoms in total. The molecule has 104 valence electrons. The molecule has 1 atom stereocenters. The Morgan fingerprint density at radius 1 is 1.20 bits per heavy atom. The molecule has 0 bridgehead atoms. The van der Waals surface area contributed by atoms with Crippen LogP contribution in [-0.2, 0) is 6.42 Å². The van der Waals surface area contributed by atoms with Crippen LogP contribution in [0.15, 0.2) is 30.5 Å². The molecule has 1 aliphatic carbocycles. The minimum atomic E-state index is 0.494. The van der Waals surface area contributed by atoms with Crippen LogP contribution >= 0.6 is 0 Å². The minimum absolute atomic E-state index is 0.494. The minimum Gasteiger partial charge on any atom is -0.313 e. The molecule has 0 spiro atoms. The molecule has 20 heavy (non-hydrogen) atoms. The number of hydrogen-bond acceptors (Lipinski definition) is 3. The van der Waals surface area contributed by atoms with Crippen molar-refractivity contribution >= 4 is 0 Å². The van der Waals surface area contributed by atoms with Crippen LogP contribution in [0.3, 0.4) is 0 Å². The summed E-state index contributed by atoms with van der Waals surface area (Å²) in [6.07, 6.45) is 6.81. The second-order valence-corrected chi connectivity index (χ2v) is 5.49. The number of hydrogen-bond donors (Lipinski definition) is 1. The Labute approximate surface area is 120 Å². The Kier molecular flexibility index (Phi) is 3.79. The molecule has 0 radical (unpaired) electrons. The summed E-state index contributed by atoms with van der Waals surface area (Å²) >= 11 is 0. The first kappa shape index (κ1) is 13.3. The van der Waals surface area contributed by atoms with Gasteiger partial charge in [0.25, 0.3) is 0 Å². The monoisotopic (exact) mass is 267 g/mol. The van der Waals surface area contributed by atoms with Gasteiger partial charge in [0.05, 0.1) is 5.69 Å². The molecule has 0 amide bonds. The van der Waals surface area contributed by atoms with E-state index in [-0.39, 0.29) is 0 Å². The van der Waals surface area contributed by atoms with E-state index in [4.69, 9.17) is 0 Å². The van der Waals surface area contributed by atoms with Gasteiger partial charge in [-0.05, 0) is 56.5 Å². The molecule has 0 fully saturated rings. The van der Waals surface area contributed by atoms with Crippen LogP contribution in [0.4, 0.5) is 0 Å².